The van der Waals surface area contributed by atoms with Crippen molar-refractivity contribution in [2.24, 2.45) is 0 Å². The molecule has 35 heavy (non-hydrogen) atoms. The van der Waals surface area contributed by atoms with E-state index >= 15 is 0 Å². The molecule has 0 aliphatic carbocycles. The summed E-state index contributed by atoms with van der Waals surface area (Å²) in [7, 11) is -1.13. The summed E-state index contributed by atoms with van der Waals surface area (Å²) >= 11 is 0. The molecule has 2 saturated heterocycles. The van der Waals surface area contributed by atoms with Crippen molar-refractivity contribution in [2.75, 3.05) is 51.8 Å². The molecule has 1 aromatic heterocycles. The molecule has 2 aliphatic rings. The van der Waals surface area contributed by atoms with Crippen molar-refractivity contribution < 1.29 is 35.9 Å². The number of rotatable bonds is 8. The van der Waals surface area contributed by atoms with Gasteiger partial charge in [0, 0.05) is 52.2 Å². The average Bonchev–Trinajstić information content (AvgIpc) is 2.81. The van der Waals surface area contributed by atoms with E-state index in [0.717, 1.165) is 9.21 Å². The fraction of sp³-hybridized carbons (Fsp3) is 0.750. The summed E-state index contributed by atoms with van der Waals surface area (Å²) in [5.74, 6) is 0.620. The Morgan fingerprint density at radius 1 is 1.17 bits per heavy atom. The number of aromatic nitrogens is 2. The molecule has 15 heteroatoms. The third-order valence-electron chi connectivity index (χ3n) is 5.93. The van der Waals surface area contributed by atoms with Crippen molar-refractivity contribution in [3.8, 4) is 0 Å². The smallest absolute Gasteiger partial charge is 0.422 e. The predicted octanol–water partition coefficient (Wildman–Crippen LogP) is 1.39. The molecule has 2 fully saturated rings. The first-order valence-electron chi connectivity index (χ1n) is 11.3. The molecule has 1 aromatic rings. The van der Waals surface area contributed by atoms with Gasteiger partial charge in [0.15, 0.2) is 6.61 Å². The van der Waals surface area contributed by atoms with E-state index in [0.29, 0.717) is 44.7 Å². The number of piperidine rings is 2. The van der Waals surface area contributed by atoms with E-state index in [2.05, 4.69) is 19.4 Å². The second-order valence-corrected chi connectivity index (χ2v) is 10.6. The number of hydrogen-bond acceptors (Lipinski definition) is 8. The average molecular weight is 525 g/mol. The van der Waals surface area contributed by atoms with Gasteiger partial charge >= 0.3 is 12.3 Å². The monoisotopic (exact) mass is 524 g/mol. The fourth-order valence-corrected chi connectivity index (χ4v) is 4.93. The molecular formula is C20H31F3N6O5S. The first-order chi connectivity index (χ1) is 16.5. The van der Waals surface area contributed by atoms with Gasteiger partial charge in [-0.3, -0.25) is 0 Å². The maximum Gasteiger partial charge on any atom is 0.422 e. The van der Waals surface area contributed by atoms with Crippen LogP contribution in [0.1, 0.15) is 25.7 Å². The Kier molecular flexibility index (Phi) is 9.12. The first kappa shape index (κ1) is 27.4. The first-order valence-corrected chi connectivity index (χ1v) is 12.7. The summed E-state index contributed by atoms with van der Waals surface area (Å²) in [6.07, 6.45) is -0.571. The molecular weight excluding hydrogens is 493 g/mol. The maximum absolute atomic E-state index is 12.6. The summed E-state index contributed by atoms with van der Waals surface area (Å²) in [6.45, 7) is -0.340. The van der Waals surface area contributed by atoms with Crippen LogP contribution in [0.3, 0.4) is 0 Å². The molecule has 0 aromatic carbocycles. The summed E-state index contributed by atoms with van der Waals surface area (Å²) in [4.78, 5) is 24.1. The van der Waals surface area contributed by atoms with Crippen LogP contribution in [-0.2, 0) is 19.7 Å². The van der Waals surface area contributed by atoms with Crippen LogP contribution in [0.4, 0.5) is 23.9 Å². The number of anilines is 1. The van der Waals surface area contributed by atoms with Gasteiger partial charge in [-0.2, -0.15) is 30.6 Å². The highest BCUT2D eigenvalue weighted by Crippen LogP contribution is 2.24. The molecule has 0 bridgehead atoms. The maximum atomic E-state index is 12.6. The second-order valence-electron chi connectivity index (χ2n) is 8.65. The van der Waals surface area contributed by atoms with Crippen molar-refractivity contribution in [3.63, 3.8) is 0 Å². The number of halogens is 3. The van der Waals surface area contributed by atoms with E-state index in [-0.39, 0.29) is 19.3 Å². The van der Waals surface area contributed by atoms with E-state index in [1.807, 2.05) is 4.90 Å². The molecule has 0 spiro atoms. The Morgan fingerprint density at radius 2 is 1.83 bits per heavy atom. The van der Waals surface area contributed by atoms with Gasteiger partial charge < -0.3 is 19.3 Å². The van der Waals surface area contributed by atoms with Crippen molar-refractivity contribution in [1.29, 1.82) is 0 Å². The fourth-order valence-electron chi connectivity index (χ4n) is 4.06. The van der Waals surface area contributed by atoms with Crippen molar-refractivity contribution in [1.82, 2.24) is 23.9 Å². The standard InChI is InChI=1S/C20H31F3N6O5S/c1-27(2)35(31,32)26-16-5-3-10-29(19(30)34-14-20(21,22)23)17(16)13-33-15-6-11-28(12-7-15)18-24-8-4-9-25-18/h4,8-9,15-17,26H,3,5-7,10-14H2,1-2H3/t16-,17-/m0/s1. The minimum Gasteiger partial charge on any atom is -0.440 e. The Balaban J connectivity index is 1.65. The van der Waals surface area contributed by atoms with Gasteiger partial charge in [-0.05, 0) is 31.7 Å². The van der Waals surface area contributed by atoms with Gasteiger partial charge in [-0.15, -0.1) is 0 Å². The lowest BCUT2D eigenvalue weighted by Gasteiger charge is -2.41. The summed E-state index contributed by atoms with van der Waals surface area (Å²) in [5, 5.41) is 0. The van der Waals surface area contributed by atoms with E-state index in [1.165, 1.54) is 14.1 Å². The molecule has 0 saturated carbocycles. The van der Waals surface area contributed by atoms with Crippen LogP contribution in [0.25, 0.3) is 0 Å². The number of ether oxygens (including phenoxy) is 2. The summed E-state index contributed by atoms with van der Waals surface area (Å²) < 4.78 is 76.6. The zero-order valence-corrected chi connectivity index (χ0v) is 20.5. The molecule has 198 valence electrons. The van der Waals surface area contributed by atoms with Gasteiger partial charge in [-0.25, -0.2) is 14.8 Å². The molecule has 2 atom stereocenters. The second kappa shape index (κ2) is 11.7. The molecule has 0 radical (unpaired) electrons. The summed E-state index contributed by atoms with van der Waals surface area (Å²) in [6, 6.07) is 0.165. The number of nitrogens with one attached hydrogen (secondary N) is 1. The van der Waals surface area contributed by atoms with Crippen molar-refractivity contribution in [3.05, 3.63) is 18.5 Å². The lowest BCUT2D eigenvalue weighted by molar-refractivity contribution is -0.163. The molecule has 1 amide bonds. The lowest BCUT2D eigenvalue weighted by atomic mass is 9.97. The van der Waals surface area contributed by atoms with Gasteiger partial charge in [0.25, 0.3) is 10.2 Å². The Morgan fingerprint density at radius 3 is 2.43 bits per heavy atom. The Hall–Kier alpha value is -2.23. The number of hydrogen-bond donors (Lipinski definition) is 1. The number of amides is 1. The van der Waals surface area contributed by atoms with E-state index in [9.17, 15) is 26.4 Å². The van der Waals surface area contributed by atoms with Crippen molar-refractivity contribution in [2.45, 2.75) is 50.0 Å². The third-order valence-corrected chi connectivity index (χ3v) is 7.50. The van der Waals surface area contributed by atoms with Gasteiger partial charge in [-0.1, -0.05) is 0 Å². The number of nitrogens with zero attached hydrogens (tertiary/aromatic N) is 5. The normalized spacial score (nSPS) is 22.5. The van der Waals surface area contributed by atoms with Crippen LogP contribution >= 0.6 is 0 Å². The molecule has 3 heterocycles. The number of likely N-dealkylation sites (tertiary alicyclic amines) is 1. The van der Waals surface area contributed by atoms with Gasteiger partial charge in [0.05, 0.1) is 18.8 Å². The largest absolute Gasteiger partial charge is 0.440 e. The Bertz CT molecular complexity index is 929. The minimum absolute atomic E-state index is 0.0474. The number of carbonyl (C=O) groups excluding carboxylic acids is 1. The highest BCUT2D eigenvalue weighted by molar-refractivity contribution is 7.87. The lowest BCUT2D eigenvalue weighted by Crippen LogP contribution is -2.60. The van der Waals surface area contributed by atoms with Crippen LogP contribution in [0, 0.1) is 0 Å². The van der Waals surface area contributed by atoms with Crippen LogP contribution in [0.5, 0.6) is 0 Å². The van der Waals surface area contributed by atoms with E-state index < -0.39 is 41.2 Å². The topological polar surface area (TPSA) is 117 Å². The van der Waals surface area contributed by atoms with E-state index in [4.69, 9.17) is 4.74 Å². The van der Waals surface area contributed by atoms with Crippen molar-refractivity contribution >= 4 is 22.3 Å². The van der Waals surface area contributed by atoms with Gasteiger partial charge in [0.1, 0.15) is 0 Å². The van der Waals surface area contributed by atoms with Crippen LogP contribution in [0.2, 0.25) is 0 Å². The molecule has 2 aliphatic heterocycles. The number of alkyl halides is 3. The predicted molar refractivity (Wildman–Crippen MR) is 120 cm³/mol. The van der Waals surface area contributed by atoms with Crippen LogP contribution in [-0.4, -0.2) is 105 Å². The van der Waals surface area contributed by atoms with Crippen LogP contribution in [0.15, 0.2) is 18.5 Å². The molecule has 3 rings (SSSR count). The molecule has 11 nitrogen and oxygen atoms in total. The van der Waals surface area contributed by atoms with E-state index in [1.54, 1.807) is 18.5 Å². The molecule has 0 unspecified atom stereocenters. The highest BCUT2D eigenvalue weighted by Gasteiger charge is 2.40. The zero-order chi connectivity index (χ0) is 25.6. The third kappa shape index (κ3) is 7.88. The quantitative estimate of drug-likeness (QED) is 0.542. The SMILES string of the molecule is CN(C)S(=O)(=O)N[C@H]1CCCN(C(=O)OCC(F)(F)F)[C@H]1COC1CCN(c2ncccn2)CC1. The minimum atomic E-state index is -4.67. The zero-order valence-electron chi connectivity index (χ0n) is 19.6. The highest BCUT2D eigenvalue weighted by atomic mass is 32.2. The van der Waals surface area contributed by atoms with Gasteiger partial charge in [0.2, 0.25) is 5.95 Å². The number of carbonyl (C=O) groups is 1. The Labute approximate surface area is 202 Å². The molecule has 1 N–H and O–H groups in total. The van der Waals surface area contributed by atoms with Crippen LogP contribution < -0.4 is 9.62 Å². The summed E-state index contributed by atoms with van der Waals surface area (Å²) in [5.41, 5.74) is 0.